The van der Waals surface area contributed by atoms with Crippen molar-refractivity contribution in [3.63, 3.8) is 0 Å². The van der Waals surface area contributed by atoms with E-state index in [1.807, 2.05) is 0 Å². The molecule has 0 atom stereocenters. The summed E-state index contributed by atoms with van der Waals surface area (Å²) in [5, 5.41) is 4.47. The van der Waals surface area contributed by atoms with E-state index in [1.54, 1.807) is 11.3 Å². The summed E-state index contributed by atoms with van der Waals surface area (Å²) < 4.78 is 1.33. The number of fused-ring (bicyclic) bond motifs is 1. The topological polar surface area (TPSA) is 0 Å². The maximum atomic E-state index is 3.15. The van der Waals surface area contributed by atoms with E-state index in [1.165, 1.54) is 15.6 Å². The molecule has 0 saturated carbocycles. The van der Waals surface area contributed by atoms with E-state index < -0.39 is 0 Å². The largest absolute Gasteiger partial charge is 1.00 e. The quantitative estimate of drug-likeness (QED) is 0.667. The standard InChI is InChI=1S/C11H11S.Rb/c1-8(2)9-3-4-11-10(7-9)5-6-12-11;/h3-5,7-8H,1-2H3;/q-1;+1. The monoisotopic (exact) mass is 260 g/mol. The summed E-state index contributed by atoms with van der Waals surface area (Å²) in [6, 6.07) is 8.71. The fourth-order valence-corrected chi connectivity index (χ4v) is 1.97. The zero-order valence-corrected chi connectivity index (χ0v) is 14.0. The van der Waals surface area contributed by atoms with Gasteiger partial charge in [-0.3, -0.25) is 11.3 Å². The molecule has 0 aliphatic rings. The molecule has 1 heterocycles. The molecular formula is C11H11RbS. The van der Waals surface area contributed by atoms with Crippen molar-refractivity contribution in [1.29, 1.82) is 0 Å². The smallest absolute Gasteiger partial charge is 0.296 e. The fourth-order valence-electron chi connectivity index (χ4n) is 1.29. The third-order valence-corrected chi connectivity index (χ3v) is 2.91. The summed E-state index contributed by atoms with van der Waals surface area (Å²) in [5.74, 6) is 0.620. The van der Waals surface area contributed by atoms with E-state index in [9.17, 15) is 0 Å². The van der Waals surface area contributed by atoms with Crippen LogP contribution in [0.15, 0.2) is 24.3 Å². The minimum atomic E-state index is 0. The number of thiophene rings is 1. The van der Waals surface area contributed by atoms with Crippen LogP contribution in [0.4, 0.5) is 0 Å². The predicted octanol–water partition coefficient (Wildman–Crippen LogP) is 0.829. The zero-order chi connectivity index (χ0) is 8.55. The second-order valence-electron chi connectivity index (χ2n) is 3.32. The van der Waals surface area contributed by atoms with Crippen molar-refractivity contribution >= 4 is 21.4 Å². The van der Waals surface area contributed by atoms with Crippen molar-refractivity contribution in [2.45, 2.75) is 19.8 Å². The van der Waals surface area contributed by atoms with Crippen LogP contribution in [-0.4, -0.2) is 0 Å². The first-order valence-corrected chi connectivity index (χ1v) is 4.98. The van der Waals surface area contributed by atoms with Gasteiger partial charge in [0.15, 0.2) is 0 Å². The normalized spacial score (nSPS) is 10.4. The van der Waals surface area contributed by atoms with Gasteiger partial charge in [0.1, 0.15) is 0 Å². The second kappa shape index (κ2) is 5.17. The maximum Gasteiger partial charge on any atom is 1.00 e. The Morgan fingerprint density at radius 1 is 1.31 bits per heavy atom. The number of hydrogen-bond acceptors (Lipinski definition) is 1. The van der Waals surface area contributed by atoms with Crippen molar-refractivity contribution in [3.05, 3.63) is 35.2 Å². The average molecular weight is 261 g/mol. The van der Waals surface area contributed by atoms with Gasteiger partial charge >= 0.3 is 58.2 Å². The first kappa shape index (κ1) is 12.1. The van der Waals surface area contributed by atoms with E-state index in [4.69, 9.17) is 0 Å². The summed E-state index contributed by atoms with van der Waals surface area (Å²) in [6.07, 6.45) is 0. The second-order valence-corrected chi connectivity index (χ2v) is 4.20. The van der Waals surface area contributed by atoms with Crippen LogP contribution in [0.25, 0.3) is 10.1 Å². The van der Waals surface area contributed by atoms with Gasteiger partial charge in [-0.2, -0.15) is 11.5 Å². The van der Waals surface area contributed by atoms with Gasteiger partial charge in [-0.05, 0) is 5.92 Å². The third-order valence-electron chi connectivity index (χ3n) is 2.08. The van der Waals surface area contributed by atoms with E-state index in [-0.39, 0.29) is 58.2 Å². The van der Waals surface area contributed by atoms with Crippen molar-refractivity contribution in [2.24, 2.45) is 0 Å². The van der Waals surface area contributed by atoms with Crippen molar-refractivity contribution in [1.82, 2.24) is 0 Å². The predicted molar refractivity (Wildman–Crippen MR) is 54.8 cm³/mol. The molecular weight excluding hydrogens is 250 g/mol. The van der Waals surface area contributed by atoms with Crippen LogP contribution in [0.1, 0.15) is 25.3 Å². The molecule has 0 aliphatic carbocycles. The van der Waals surface area contributed by atoms with Gasteiger partial charge in [0, 0.05) is 0 Å². The molecule has 0 unspecified atom stereocenters. The molecule has 0 N–H and O–H groups in total. The molecule has 0 aliphatic heterocycles. The Balaban J connectivity index is 0.000000845. The molecule has 0 bridgehead atoms. The minimum absolute atomic E-state index is 0. The van der Waals surface area contributed by atoms with Gasteiger partial charge in [-0.15, -0.1) is 22.2 Å². The molecule has 1 aromatic carbocycles. The van der Waals surface area contributed by atoms with E-state index >= 15 is 0 Å². The molecule has 0 spiro atoms. The molecule has 0 amide bonds. The number of rotatable bonds is 1. The number of hydrogen-bond donors (Lipinski definition) is 0. The molecule has 0 radical (unpaired) electrons. The van der Waals surface area contributed by atoms with Gasteiger partial charge < -0.3 is 0 Å². The van der Waals surface area contributed by atoms with Crippen LogP contribution in [-0.2, 0) is 0 Å². The molecule has 13 heavy (non-hydrogen) atoms. The summed E-state index contributed by atoms with van der Waals surface area (Å²) in [7, 11) is 0. The van der Waals surface area contributed by atoms with Crippen molar-refractivity contribution in [3.8, 4) is 0 Å². The van der Waals surface area contributed by atoms with Crippen LogP contribution >= 0.6 is 11.3 Å². The molecule has 0 fully saturated rings. The van der Waals surface area contributed by atoms with Gasteiger partial charge in [0.2, 0.25) is 0 Å². The molecule has 2 heteroatoms. The first-order chi connectivity index (χ1) is 5.77. The van der Waals surface area contributed by atoms with Crippen LogP contribution in [0, 0.1) is 5.38 Å². The van der Waals surface area contributed by atoms with E-state index in [2.05, 4.69) is 43.5 Å². The van der Waals surface area contributed by atoms with Gasteiger partial charge in [0.05, 0.1) is 0 Å². The molecule has 0 saturated heterocycles. The Bertz CT molecular complexity index is 390. The molecule has 2 aromatic rings. The van der Waals surface area contributed by atoms with Gasteiger partial charge in [-0.1, -0.05) is 25.5 Å². The maximum absolute atomic E-state index is 3.15. The van der Waals surface area contributed by atoms with Crippen LogP contribution in [0.2, 0.25) is 0 Å². The van der Waals surface area contributed by atoms with Crippen LogP contribution in [0.3, 0.4) is 0 Å². The Kier molecular flexibility index (Phi) is 4.80. The van der Waals surface area contributed by atoms with Crippen molar-refractivity contribution in [2.75, 3.05) is 0 Å². The summed E-state index contributed by atoms with van der Waals surface area (Å²) in [5.41, 5.74) is 1.41. The fraction of sp³-hybridized carbons (Fsp3) is 0.273. The first-order valence-electron chi connectivity index (χ1n) is 4.17. The average Bonchev–Trinajstić information content (AvgIpc) is 2.49. The summed E-state index contributed by atoms with van der Waals surface area (Å²) in [6.45, 7) is 4.44. The SMILES string of the molecule is CC(C)c1ccc2s[c-]cc2c1.[Rb+]. The molecule has 2 rings (SSSR count). The Labute approximate surface area is 132 Å². The van der Waals surface area contributed by atoms with Gasteiger partial charge in [-0.25, -0.2) is 0 Å². The summed E-state index contributed by atoms with van der Waals surface area (Å²) >= 11 is 1.68. The van der Waals surface area contributed by atoms with E-state index in [0.29, 0.717) is 5.92 Å². The minimum Gasteiger partial charge on any atom is -0.296 e. The van der Waals surface area contributed by atoms with Crippen LogP contribution in [0.5, 0.6) is 0 Å². The van der Waals surface area contributed by atoms with Crippen LogP contribution < -0.4 is 58.2 Å². The van der Waals surface area contributed by atoms with Crippen molar-refractivity contribution < 1.29 is 58.2 Å². The third kappa shape index (κ3) is 2.72. The molecule has 1 aromatic heterocycles. The Hall–Kier alpha value is 0.985. The van der Waals surface area contributed by atoms with E-state index in [0.717, 1.165) is 0 Å². The summed E-state index contributed by atoms with van der Waals surface area (Å²) in [4.78, 5) is 0. The number of benzene rings is 1. The zero-order valence-electron chi connectivity index (χ0n) is 8.29. The van der Waals surface area contributed by atoms with Gasteiger partial charge in [0.25, 0.3) is 0 Å². The molecule has 62 valence electrons. The molecule has 0 nitrogen and oxygen atoms in total. The Morgan fingerprint density at radius 2 is 2.08 bits per heavy atom. The Morgan fingerprint density at radius 3 is 2.77 bits per heavy atom.